The number of carbonyl (C=O) groups excluding carboxylic acids is 1. The summed E-state index contributed by atoms with van der Waals surface area (Å²) in [7, 11) is 0. The number of nitrogens with zero attached hydrogens (tertiary/aromatic N) is 1. The summed E-state index contributed by atoms with van der Waals surface area (Å²) in [5.74, 6) is 2.13. The molecule has 1 amide bonds. The van der Waals surface area contributed by atoms with Crippen molar-refractivity contribution in [3.05, 3.63) is 12.0 Å². The lowest BCUT2D eigenvalue weighted by Crippen LogP contribution is -2.28. The van der Waals surface area contributed by atoms with Crippen LogP contribution in [0, 0.1) is 19.3 Å². The summed E-state index contributed by atoms with van der Waals surface area (Å²) < 4.78 is 4.93. The molecule has 0 aliphatic carbocycles. The van der Waals surface area contributed by atoms with Gasteiger partial charge in [-0.3, -0.25) is 15.4 Å². The van der Waals surface area contributed by atoms with Crippen molar-refractivity contribution < 1.29 is 9.21 Å². The molecule has 1 aromatic heterocycles. The van der Waals surface area contributed by atoms with E-state index < -0.39 is 0 Å². The number of carbonyl (C=O) groups is 1. The van der Waals surface area contributed by atoms with Crippen LogP contribution in [0.3, 0.4) is 0 Å². The fourth-order valence-corrected chi connectivity index (χ4v) is 0.823. The number of oxazole rings is 1. The number of aromatic nitrogens is 1. The molecule has 0 fully saturated rings. The van der Waals surface area contributed by atoms with E-state index >= 15 is 0 Å². The first kappa shape index (κ1) is 10.3. The minimum Gasteiger partial charge on any atom is -0.432 e. The summed E-state index contributed by atoms with van der Waals surface area (Å²) in [4.78, 5) is 15.1. The van der Waals surface area contributed by atoms with Crippen molar-refractivity contribution in [2.75, 3.05) is 18.4 Å². The van der Waals surface area contributed by atoms with E-state index in [9.17, 15) is 4.79 Å². The highest BCUT2D eigenvalue weighted by molar-refractivity contribution is 5.90. The van der Waals surface area contributed by atoms with Crippen LogP contribution in [0.5, 0.6) is 0 Å². The third-order valence-electron chi connectivity index (χ3n) is 1.38. The number of nitrogens with one attached hydrogen (secondary N) is 2. The van der Waals surface area contributed by atoms with E-state index in [-0.39, 0.29) is 18.5 Å². The molecule has 5 heteroatoms. The molecular weight excluding hydrogens is 182 g/mol. The van der Waals surface area contributed by atoms with Crippen LogP contribution < -0.4 is 10.6 Å². The topological polar surface area (TPSA) is 67.2 Å². The third kappa shape index (κ3) is 3.29. The highest BCUT2D eigenvalue weighted by Gasteiger charge is 2.05. The van der Waals surface area contributed by atoms with Crippen LogP contribution in [0.25, 0.3) is 0 Å². The predicted octanol–water partition coefficient (Wildman–Crippen LogP) is 0.144. The van der Waals surface area contributed by atoms with Crippen LogP contribution in [0.15, 0.2) is 10.7 Å². The average molecular weight is 193 g/mol. The molecule has 0 radical (unpaired) electrons. The molecule has 0 aliphatic heterocycles. The highest BCUT2D eigenvalue weighted by Crippen LogP contribution is 2.04. The first-order valence-corrected chi connectivity index (χ1v) is 4.08. The van der Waals surface area contributed by atoms with Crippen molar-refractivity contribution in [2.45, 2.75) is 6.92 Å². The molecule has 0 saturated carbocycles. The van der Waals surface area contributed by atoms with Gasteiger partial charge >= 0.3 is 6.01 Å². The lowest BCUT2D eigenvalue weighted by atomic mass is 10.5. The van der Waals surface area contributed by atoms with Crippen LogP contribution in [0.1, 0.15) is 5.69 Å². The van der Waals surface area contributed by atoms with Gasteiger partial charge in [0.05, 0.1) is 18.8 Å². The number of hydrogen-bond acceptors (Lipinski definition) is 4. The van der Waals surface area contributed by atoms with Gasteiger partial charge in [0.2, 0.25) is 5.91 Å². The Hall–Kier alpha value is -1.80. The maximum Gasteiger partial charge on any atom is 0.301 e. The van der Waals surface area contributed by atoms with Crippen LogP contribution in [-0.4, -0.2) is 24.0 Å². The summed E-state index contributed by atoms with van der Waals surface area (Å²) in [6, 6.07) is 0.204. The van der Waals surface area contributed by atoms with E-state index in [1.807, 2.05) is 0 Å². The number of rotatable bonds is 4. The number of hydrogen-bond donors (Lipinski definition) is 2. The molecule has 14 heavy (non-hydrogen) atoms. The van der Waals surface area contributed by atoms with E-state index in [4.69, 9.17) is 10.8 Å². The van der Waals surface area contributed by atoms with Crippen LogP contribution >= 0.6 is 0 Å². The van der Waals surface area contributed by atoms with Crippen molar-refractivity contribution in [2.24, 2.45) is 0 Å². The van der Waals surface area contributed by atoms with Gasteiger partial charge in [0.1, 0.15) is 6.26 Å². The molecule has 0 spiro atoms. The van der Waals surface area contributed by atoms with Crippen LogP contribution in [0.2, 0.25) is 0 Å². The largest absolute Gasteiger partial charge is 0.432 e. The normalized spacial score (nSPS) is 9.43. The van der Waals surface area contributed by atoms with E-state index in [0.29, 0.717) is 6.54 Å². The summed E-state index contributed by atoms with van der Waals surface area (Å²) >= 11 is 0. The Kier molecular flexibility index (Phi) is 3.70. The quantitative estimate of drug-likeness (QED) is 0.527. The van der Waals surface area contributed by atoms with Crippen LogP contribution in [-0.2, 0) is 4.79 Å². The smallest absolute Gasteiger partial charge is 0.301 e. The Morgan fingerprint density at radius 3 is 3.14 bits per heavy atom. The van der Waals surface area contributed by atoms with Crippen LogP contribution in [0.4, 0.5) is 6.01 Å². The van der Waals surface area contributed by atoms with Gasteiger partial charge in [-0.05, 0) is 6.92 Å². The minimum absolute atomic E-state index is 0.144. The zero-order valence-corrected chi connectivity index (χ0v) is 7.83. The van der Waals surface area contributed by atoms with Crippen molar-refractivity contribution in [1.29, 1.82) is 0 Å². The van der Waals surface area contributed by atoms with E-state index in [0.717, 1.165) is 5.69 Å². The monoisotopic (exact) mass is 193 g/mol. The van der Waals surface area contributed by atoms with Crippen molar-refractivity contribution in [1.82, 2.24) is 10.3 Å². The first-order valence-electron chi connectivity index (χ1n) is 4.08. The van der Waals surface area contributed by atoms with Gasteiger partial charge in [0.25, 0.3) is 0 Å². The van der Waals surface area contributed by atoms with Gasteiger partial charge in [0, 0.05) is 0 Å². The van der Waals surface area contributed by atoms with Crippen molar-refractivity contribution in [3.63, 3.8) is 0 Å². The Bertz CT molecular complexity index is 351. The molecule has 0 aromatic carbocycles. The lowest BCUT2D eigenvalue weighted by Gasteiger charge is -1.99. The van der Waals surface area contributed by atoms with E-state index in [1.54, 1.807) is 6.92 Å². The van der Waals surface area contributed by atoms with E-state index in [1.165, 1.54) is 6.26 Å². The Labute approximate surface area is 81.9 Å². The SMILES string of the molecule is C#CCNCC(=O)Nc1nc(C)co1. The second kappa shape index (κ2) is 5.04. The number of anilines is 1. The number of terminal acetylenes is 1. The maximum atomic E-state index is 11.2. The molecule has 1 rings (SSSR count). The van der Waals surface area contributed by atoms with Gasteiger partial charge < -0.3 is 4.42 Å². The maximum absolute atomic E-state index is 11.2. The Morgan fingerprint density at radius 2 is 2.57 bits per heavy atom. The second-order valence-corrected chi connectivity index (χ2v) is 2.65. The summed E-state index contributed by atoms with van der Waals surface area (Å²) in [5.41, 5.74) is 0.719. The number of amides is 1. The van der Waals surface area contributed by atoms with Gasteiger partial charge in [-0.1, -0.05) is 5.92 Å². The molecule has 74 valence electrons. The zero-order valence-electron chi connectivity index (χ0n) is 7.83. The average Bonchev–Trinajstić information content (AvgIpc) is 2.52. The van der Waals surface area contributed by atoms with Gasteiger partial charge in [-0.25, -0.2) is 0 Å². The Morgan fingerprint density at radius 1 is 1.79 bits per heavy atom. The molecule has 2 N–H and O–H groups in total. The van der Waals surface area contributed by atoms with Gasteiger partial charge in [-0.15, -0.1) is 6.42 Å². The van der Waals surface area contributed by atoms with Gasteiger partial charge in [-0.2, -0.15) is 4.98 Å². The van der Waals surface area contributed by atoms with E-state index in [2.05, 4.69) is 21.5 Å². The Balaban J connectivity index is 2.31. The fraction of sp³-hybridized carbons (Fsp3) is 0.333. The number of aryl methyl sites for hydroxylation is 1. The summed E-state index contributed by atoms with van der Waals surface area (Å²) in [5, 5.41) is 5.22. The second-order valence-electron chi connectivity index (χ2n) is 2.65. The summed E-state index contributed by atoms with van der Waals surface area (Å²) in [6.07, 6.45) is 6.46. The first-order chi connectivity index (χ1) is 6.72. The highest BCUT2D eigenvalue weighted by atomic mass is 16.4. The third-order valence-corrected chi connectivity index (χ3v) is 1.38. The molecule has 1 heterocycles. The molecule has 5 nitrogen and oxygen atoms in total. The molecule has 1 aromatic rings. The molecule has 0 atom stereocenters. The lowest BCUT2D eigenvalue weighted by molar-refractivity contribution is -0.115. The standard InChI is InChI=1S/C9H11N3O2/c1-3-4-10-5-8(13)12-9-11-7(2)6-14-9/h1,6,10H,4-5H2,2H3,(H,11,12,13). The fourth-order valence-electron chi connectivity index (χ4n) is 0.823. The molecule has 0 saturated heterocycles. The molecular formula is C9H11N3O2. The zero-order chi connectivity index (χ0) is 10.4. The molecule has 0 unspecified atom stereocenters. The van der Waals surface area contributed by atoms with Gasteiger partial charge in [0.15, 0.2) is 0 Å². The molecule has 0 bridgehead atoms. The molecule has 0 aliphatic rings. The minimum atomic E-state index is -0.234. The summed E-state index contributed by atoms with van der Waals surface area (Å²) in [6.45, 7) is 2.28. The predicted molar refractivity (Wildman–Crippen MR) is 51.6 cm³/mol. The van der Waals surface area contributed by atoms with Crippen molar-refractivity contribution >= 4 is 11.9 Å². The van der Waals surface area contributed by atoms with Crippen molar-refractivity contribution in [3.8, 4) is 12.3 Å².